The average Bonchev–Trinajstić information content (AvgIpc) is 3.55. The summed E-state index contributed by atoms with van der Waals surface area (Å²) in [4.78, 5) is 46.6. The van der Waals surface area contributed by atoms with Gasteiger partial charge in [-0.1, -0.05) is 129 Å². The molecule has 2 saturated carbocycles. The fourth-order valence-electron chi connectivity index (χ4n) is 7.40. The molecule has 11 heteroatoms. The molecule has 1 unspecified atom stereocenters. The summed E-state index contributed by atoms with van der Waals surface area (Å²) in [6, 6.07) is 24.4. The second kappa shape index (κ2) is 24.0. The Kier molecular flexibility index (Phi) is 18.8. The summed E-state index contributed by atoms with van der Waals surface area (Å²) < 4.78 is 57.2. The molecule has 0 aromatic heterocycles. The van der Waals surface area contributed by atoms with E-state index in [1.54, 1.807) is 12.2 Å². The highest BCUT2D eigenvalue weighted by atomic mass is 19.3. The summed E-state index contributed by atoms with van der Waals surface area (Å²) in [5.74, 6) is -4.44. The van der Waals surface area contributed by atoms with Gasteiger partial charge in [-0.15, -0.1) is 0 Å². The van der Waals surface area contributed by atoms with Gasteiger partial charge >= 0.3 is 17.9 Å². The van der Waals surface area contributed by atoms with Crippen molar-refractivity contribution in [2.75, 3.05) is 26.9 Å². The van der Waals surface area contributed by atoms with E-state index in [-0.39, 0.29) is 55.3 Å². The monoisotopic (exact) mass is 815 g/mol. The van der Waals surface area contributed by atoms with Crippen molar-refractivity contribution in [2.24, 2.45) is 0 Å². The number of carbonyl (C=O) groups excluding carboxylic acids is 4. The Morgan fingerprint density at radius 1 is 0.746 bits per heavy atom. The van der Waals surface area contributed by atoms with Gasteiger partial charge in [-0.25, -0.2) is 4.39 Å². The Balaban J connectivity index is 0.000000276. The van der Waals surface area contributed by atoms with Crippen LogP contribution in [0.4, 0.5) is 13.2 Å². The smallest absolute Gasteiger partial charge is 0.322 e. The second-order valence-corrected chi connectivity index (χ2v) is 14.9. The number of halogens is 3. The largest absolute Gasteiger partial charge is 0.464 e. The highest BCUT2D eigenvalue weighted by Gasteiger charge is 2.46. The molecule has 8 nitrogen and oxygen atoms in total. The normalized spacial score (nSPS) is 16.9. The molecule has 1 amide bonds. The van der Waals surface area contributed by atoms with Crippen LogP contribution in [0.1, 0.15) is 92.9 Å². The van der Waals surface area contributed by atoms with Gasteiger partial charge in [0.2, 0.25) is 0 Å². The van der Waals surface area contributed by atoms with Crippen molar-refractivity contribution < 1.29 is 46.6 Å². The van der Waals surface area contributed by atoms with Crippen LogP contribution >= 0.6 is 0 Å². The van der Waals surface area contributed by atoms with E-state index >= 15 is 0 Å². The zero-order valence-corrected chi connectivity index (χ0v) is 33.9. The Bertz CT molecular complexity index is 1850. The van der Waals surface area contributed by atoms with Crippen molar-refractivity contribution in [1.82, 2.24) is 5.32 Å². The lowest BCUT2D eigenvalue weighted by atomic mass is 9.81. The van der Waals surface area contributed by atoms with Gasteiger partial charge in [0.25, 0.3) is 5.91 Å². The first-order valence-corrected chi connectivity index (χ1v) is 20.3. The predicted octanol–water partition coefficient (Wildman–Crippen LogP) is 9.51. The van der Waals surface area contributed by atoms with E-state index in [0.29, 0.717) is 17.6 Å². The van der Waals surface area contributed by atoms with E-state index in [4.69, 9.17) is 19.0 Å². The molecule has 3 aromatic carbocycles. The fourth-order valence-corrected chi connectivity index (χ4v) is 7.40. The van der Waals surface area contributed by atoms with E-state index in [9.17, 15) is 27.6 Å². The van der Waals surface area contributed by atoms with E-state index in [0.717, 1.165) is 68.1 Å². The molecule has 3 aromatic rings. The van der Waals surface area contributed by atoms with Gasteiger partial charge in [0.15, 0.2) is 6.67 Å². The van der Waals surface area contributed by atoms with Crippen LogP contribution in [0.5, 0.6) is 0 Å². The maximum Gasteiger partial charge on any atom is 0.322 e. The van der Waals surface area contributed by atoms with Crippen LogP contribution in [0.15, 0.2) is 115 Å². The molecule has 6 rings (SSSR count). The molecule has 0 spiro atoms. The van der Waals surface area contributed by atoms with Crippen molar-refractivity contribution in [3.8, 4) is 0 Å². The molecule has 1 N–H and O–H groups in total. The molecule has 3 aliphatic carbocycles. The number of nitrogens with one attached hydrogen (secondary N) is 1. The summed E-state index contributed by atoms with van der Waals surface area (Å²) >= 11 is 0. The van der Waals surface area contributed by atoms with Crippen molar-refractivity contribution in [3.05, 3.63) is 137 Å². The lowest BCUT2D eigenvalue weighted by molar-refractivity contribution is -0.168. The third-order valence-electron chi connectivity index (χ3n) is 10.8. The molecule has 316 valence electrons. The number of rotatable bonds is 14. The number of carbonyl (C=O) groups is 4. The zero-order valence-electron chi connectivity index (χ0n) is 33.9. The first-order valence-electron chi connectivity index (χ1n) is 20.3. The molecule has 0 heterocycles. The summed E-state index contributed by atoms with van der Waals surface area (Å²) in [7, 11) is 1.53. The fraction of sp³-hybridized carbons (Fsp3) is 0.417. The first-order chi connectivity index (χ1) is 28.6. The number of likely N-dealkylation sites (N-methyl/N-ethyl adjacent to an activating group) is 1. The Labute approximate surface area is 345 Å². The zero-order chi connectivity index (χ0) is 42.5. The third-order valence-corrected chi connectivity index (χ3v) is 10.8. The van der Waals surface area contributed by atoms with Crippen LogP contribution in [-0.2, 0) is 51.1 Å². The highest BCUT2D eigenvalue weighted by molar-refractivity contribution is 6.04. The van der Waals surface area contributed by atoms with Crippen molar-refractivity contribution in [3.63, 3.8) is 0 Å². The second-order valence-electron chi connectivity index (χ2n) is 14.9. The first kappa shape index (κ1) is 46.4. The van der Waals surface area contributed by atoms with E-state index in [1.807, 2.05) is 79.6 Å². The maximum absolute atomic E-state index is 13.9. The van der Waals surface area contributed by atoms with Gasteiger partial charge < -0.3 is 24.3 Å². The average molecular weight is 816 g/mol. The van der Waals surface area contributed by atoms with E-state index in [1.165, 1.54) is 44.2 Å². The van der Waals surface area contributed by atoms with Crippen molar-refractivity contribution in [2.45, 2.75) is 101 Å². The lowest BCUT2D eigenvalue weighted by Crippen LogP contribution is -2.48. The molecule has 0 saturated heterocycles. The number of amides is 1. The summed E-state index contributed by atoms with van der Waals surface area (Å²) in [5, 5.41) is 2.56. The van der Waals surface area contributed by atoms with Crippen LogP contribution in [-0.4, -0.2) is 63.8 Å². The van der Waals surface area contributed by atoms with Gasteiger partial charge in [-0.05, 0) is 73.3 Å². The van der Waals surface area contributed by atoms with Crippen molar-refractivity contribution >= 4 is 30.2 Å². The molecular weight excluding hydrogens is 760 g/mol. The van der Waals surface area contributed by atoms with Gasteiger partial charge in [-0.3, -0.25) is 14.4 Å². The van der Waals surface area contributed by atoms with Gasteiger partial charge in [0.05, 0.1) is 19.1 Å². The van der Waals surface area contributed by atoms with Crippen LogP contribution in [0.3, 0.4) is 0 Å². The standard InChI is InChI=1S/C30H38O5.C17H16F3NO.CH2O/c31-28(21-24-13-5-1-6-14-24)34-23-30(25-15-7-2-8-16-25,22-33-26-17-9-3-10-18-26)29(32)35-27-19-11-4-12-20-27;1-21-16(22)15-6-4-2-3-5-14(15)12-7-9-13(10-8-12)17(19,20)11-18;1-2/h1-2,5-8,13-16,26-27H,3-4,9-12,17-23H2;2-4,6-10H,5,11H2,1H3,(H,21,22);1H2. The molecule has 59 heavy (non-hydrogen) atoms. The van der Waals surface area contributed by atoms with E-state index < -0.39 is 18.0 Å². The number of benzene rings is 3. The Morgan fingerprint density at radius 3 is 1.93 bits per heavy atom. The number of hydrogen-bond donors (Lipinski definition) is 1. The van der Waals surface area contributed by atoms with Crippen LogP contribution in [0, 0.1) is 0 Å². The molecule has 0 radical (unpaired) electrons. The summed E-state index contributed by atoms with van der Waals surface area (Å²) in [6.45, 7) is 0.316. The molecule has 2 fully saturated rings. The lowest BCUT2D eigenvalue weighted by Gasteiger charge is -2.35. The number of esters is 2. The molecule has 0 aliphatic heterocycles. The minimum atomic E-state index is -3.49. The van der Waals surface area contributed by atoms with Gasteiger partial charge in [0.1, 0.15) is 24.9 Å². The highest BCUT2D eigenvalue weighted by Crippen LogP contribution is 2.34. The minimum absolute atomic E-state index is 0.0889. The minimum Gasteiger partial charge on any atom is -0.464 e. The third kappa shape index (κ3) is 13.6. The molecule has 3 aliphatic rings. The van der Waals surface area contributed by atoms with Crippen LogP contribution < -0.4 is 5.32 Å². The maximum atomic E-state index is 13.9. The van der Waals surface area contributed by atoms with Gasteiger partial charge in [-0.2, -0.15) is 8.78 Å². The van der Waals surface area contributed by atoms with Crippen molar-refractivity contribution in [1.29, 1.82) is 0 Å². The summed E-state index contributed by atoms with van der Waals surface area (Å²) in [6.07, 6.45) is 18.4. The topological polar surface area (TPSA) is 108 Å². The number of allylic oxidation sites excluding steroid dienone is 4. The van der Waals surface area contributed by atoms with E-state index in [2.05, 4.69) is 5.32 Å². The predicted molar refractivity (Wildman–Crippen MR) is 222 cm³/mol. The number of alkyl halides is 3. The molecular formula is C48H56F3NO7. The van der Waals surface area contributed by atoms with Crippen LogP contribution in [0.2, 0.25) is 0 Å². The Morgan fingerprint density at radius 2 is 1.34 bits per heavy atom. The molecule has 0 bridgehead atoms. The number of hydrogen-bond acceptors (Lipinski definition) is 7. The number of ether oxygens (including phenoxy) is 3. The van der Waals surface area contributed by atoms with Gasteiger partial charge in [0, 0.05) is 18.2 Å². The van der Waals surface area contributed by atoms with Crippen LogP contribution in [0.25, 0.3) is 5.57 Å². The summed E-state index contributed by atoms with van der Waals surface area (Å²) in [5.41, 5.74) is 1.96. The Hall–Kier alpha value is -5.29. The SMILES string of the molecule is C=O.CNC(=O)C1=C(c2ccc(C(F)(F)CF)cc2)CC=CC=C1.O=C(Cc1ccccc1)OCC(COC1CCCCC1)(C(=O)OC1CCCCC1)c1ccccc1. The quantitative estimate of drug-likeness (QED) is 0.162. The molecule has 1 atom stereocenters.